The molecule has 1 heterocycles. The predicted molar refractivity (Wildman–Crippen MR) is 104 cm³/mol. The third-order valence-electron chi connectivity index (χ3n) is 4.47. The normalized spacial score (nSPS) is 16.0. The second-order valence-electron chi connectivity index (χ2n) is 6.17. The van der Waals surface area contributed by atoms with Crippen molar-refractivity contribution in [2.45, 2.75) is 4.90 Å². The molecule has 1 saturated heterocycles. The molecule has 0 spiro atoms. The van der Waals surface area contributed by atoms with E-state index >= 15 is 0 Å². The van der Waals surface area contributed by atoms with Crippen molar-refractivity contribution in [3.63, 3.8) is 0 Å². The van der Waals surface area contributed by atoms with Gasteiger partial charge < -0.3 is 4.90 Å². The highest BCUT2D eigenvalue weighted by atomic mass is 35.5. The molecule has 4 nitrogen and oxygen atoms in total. The molecule has 26 heavy (non-hydrogen) atoms. The van der Waals surface area contributed by atoms with Crippen LogP contribution in [0.25, 0.3) is 0 Å². The Morgan fingerprint density at radius 2 is 1.69 bits per heavy atom. The number of piperazine rings is 1. The number of anilines is 1. The molecule has 1 fully saturated rings. The first kappa shape index (κ1) is 19.4. The fourth-order valence-electron chi connectivity index (χ4n) is 3.00. The van der Waals surface area contributed by atoms with Crippen molar-refractivity contribution >= 4 is 38.7 Å². The molecule has 2 aromatic rings. The summed E-state index contributed by atoms with van der Waals surface area (Å²) in [5.74, 6) is -0.272. The third-order valence-corrected chi connectivity index (χ3v) is 6.87. The molecule has 0 bridgehead atoms. The fraction of sp³-hybridized carbons (Fsp3) is 0.333. The molecular weight excluding hydrogens is 398 g/mol. The van der Waals surface area contributed by atoms with E-state index in [0.717, 1.165) is 0 Å². The highest BCUT2D eigenvalue weighted by Crippen LogP contribution is 2.26. The molecule has 0 N–H and O–H groups in total. The first-order valence-electron chi connectivity index (χ1n) is 8.26. The van der Waals surface area contributed by atoms with E-state index in [4.69, 9.17) is 23.2 Å². The summed E-state index contributed by atoms with van der Waals surface area (Å²) in [6.07, 6.45) is 0. The van der Waals surface area contributed by atoms with Crippen LogP contribution in [0.2, 0.25) is 10.0 Å². The van der Waals surface area contributed by atoms with Gasteiger partial charge in [-0.25, -0.2) is 12.8 Å². The summed E-state index contributed by atoms with van der Waals surface area (Å²) in [6, 6.07) is 11.1. The van der Waals surface area contributed by atoms with Gasteiger partial charge in [-0.15, -0.1) is 0 Å². The Kier molecular flexibility index (Phi) is 6.07. The summed E-state index contributed by atoms with van der Waals surface area (Å²) in [6.45, 7) is 3.05. The molecule has 0 unspecified atom stereocenters. The van der Waals surface area contributed by atoms with E-state index in [1.54, 1.807) is 18.2 Å². The topological polar surface area (TPSA) is 40.6 Å². The number of para-hydroxylation sites is 1. The van der Waals surface area contributed by atoms with Gasteiger partial charge in [-0.1, -0.05) is 35.3 Å². The Hall–Kier alpha value is -1.34. The highest BCUT2D eigenvalue weighted by Gasteiger charge is 2.23. The molecule has 8 heteroatoms. The van der Waals surface area contributed by atoms with E-state index < -0.39 is 9.84 Å². The van der Waals surface area contributed by atoms with Gasteiger partial charge >= 0.3 is 0 Å². The van der Waals surface area contributed by atoms with Gasteiger partial charge in [0.1, 0.15) is 5.82 Å². The van der Waals surface area contributed by atoms with Crippen LogP contribution in [-0.4, -0.2) is 51.8 Å². The van der Waals surface area contributed by atoms with Crippen LogP contribution in [0.4, 0.5) is 10.1 Å². The van der Waals surface area contributed by atoms with Crippen molar-refractivity contribution < 1.29 is 12.8 Å². The Balaban J connectivity index is 1.58. The number of benzene rings is 2. The molecule has 0 radical (unpaired) electrons. The van der Waals surface area contributed by atoms with E-state index in [9.17, 15) is 12.8 Å². The monoisotopic (exact) mass is 416 g/mol. The molecule has 0 aromatic heterocycles. The lowest BCUT2D eigenvalue weighted by Gasteiger charge is -2.36. The average Bonchev–Trinajstić information content (AvgIpc) is 2.63. The quantitative estimate of drug-likeness (QED) is 0.744. The van der Waals surface area contributed by atoms with Gasteiger partial charge in [-0.05, 0) is 30.3 Å². The van der Waals surface area contributed by atoms with Crippen LogP contribution in [0.3, 0.4) is 0 Å². The molecule has 1 aliphatic heterocycles. The maximum absolute atomic E-state index is 13.9. The highest BCUT2D eigenvalue weighted by molar-refractivity contribution is 7.91. The van der Waals surface area contributed by atoms with E-state index in [-0.39, 0.29) is 21.5 Å². The number of hydrogen-bond donors (Lipinski definition) is 0. The van der Waals surface area contributed by atoms with Crippen molar-refractivity contribution in [1.29, 1.82) is 0 Å². The van der Waals surface area contributed by atoms with E-state index in [0.29, 0.717) is 43.4 Å². The zero-order valence-electron chi connectivity index (χ0n) is 14.0. The number of rotatable bonds is 5. The molecule has 3 rings (SSSR count). The first-order valence-corrected chi connectivity index (χ1v) is 10.7. The predicted octanol–water partition coefficient (Wildman–Crippen LogP) is 3.73. The number of sulfone groups is 1. The van der Waals surface area contributed by atoms with Gasteiger partial charge in [-0.2, -0.15) is 0 Å². The molecule has 0 aliphatic carbocycles. The van der Waals surface area contributed by atoms with Crippen LogP contribution in [0.15, 0.2) is 47.4 Å². The molecular formula is C18H19Cl2FN2O2S. The van der Waals surface area contributed by atoms with Crippen LogP contribution in [0.1, 0.15) is 0 Å². The van der Waals surface area contributed by atoms with Crippen molar-refractivity contribution in [2.75, 3.05) is 43.4 Å². The summed E-state index contributed by atoms with van der Waals surface area (Å²) in [4.78, 5) is 4.11. The Labute approximate surface area is 163 Å². The van der Waals surface area contributed by atoms with Crippen LogP contribution >= 0.6 is 23.2 Å². The van der Waals surface area contributed by atoms with Crippen LogP contribution in [0, 0.1) is 5.82 Å². The van der Waals surface area contributed by atoms with E-state index in [1.807, 2.05) is 11.0 Å². The molecule has 140 valence electrons. The maximum Gasteiger partial charge on any atom is 0.181 e. The average molecular weight is 417 g/mol. The van der Waals surface area contributed by atoms with E-state index in [1.165, 1.54) is 18.2 Å². The minimum atomic E-state index is -3.52. The Morgan fingerprint density at radius 1 is 1.00 bits per heavy atom. The number of nitrogens with zero attached hydrogens (tertiary/aromatic N) is 2. The summed E-state index contributed by atoms with van der Waals surface area (Å²) in [7, 11) is -3.52. The molecule has 0 amide bonds. The van der Waals surface area contributed by atoms with Gasteiger partial charge in [0.15, 0.2) is 9.84 Å². The summed E-state index contributed by atoms with van der Waals surface area (Å²) in [5, 5.41) is 0.519. The first-order chi connectivity index (χ1) is 12.4. The largest absolute Gasteiger partial charge is 0.367 e. The van der Waals surface area contributed by atoms with Gasteiger partial charge in [-0.3, -0.25) is 4.90 Å². The van der Waals surface area contributed by atoms with Crippen molar-refractivity contribution in [3.05, 3.63) is 58.3 Å². The maximum atomic E-state index is 13.9. The minimum absolute atomic E-state index is 0.0350. The molecule has 2 aromatic carbocycles. The molecule has 1 aliphatic rings. The molecule has 0 saturated carbocycles. The number of halogens is 3. The zero-order chi connectivity index (χ0) is 18.7. The number of hydrogen-bond acceptors (Lipinski definition) is 4. The van der Waals surface area contributed by atoms with Gasteiger partial charge in [0.25, 0.3) is 0 Å². The smallest absolute Gasteiger partial charge is 0.181 e. The fourth-order valence-corrected chi connectivity index (χ4v) is 5.09. The van der Waals surface area contributed by atoms with Crippen LogP contribution in [0.5, 0.6) is 0 Å². The SMILES string of the molecule is O=S(=O)(CCN1CCN(c2ccccc2F)CC1)c1cc(Cl)ccc1Cl. The van der Waals surface area contributed by atoms with Gasteiger partial charge in [0.05, 0.1) is 21.4 Å². The Bertz CT molecular complexity index is 885. The standard InChI is InChI=1S/C18H19Cl2FN2O2S/c19-14-5-6-15(20)18(13-14)26(24,25)12-11-22-7-9-23(10-8-22)17-4-2-1-3-16(17)21/h1-6,13H,7-12H2. The summed E-state index contributed by atoms with van der Waals surface area (Å²) in [5.41, 5.74) is 0.588. The lowest BCUT2D eigenvalue weighted by atomic mass is 10.2. The summed E-state index contributed by atoms with van der Waals surface area (Å²) < 4.78 is 39.0. The zero-order valence-corrected chi connectivity index (χ0v) is 16.4. The van der Waals surface area contributed by atoms with E-state index in [2.05, 4.69) is 4.90 Å². The lowest BCUT2D eigenvalue weighted by Crippen LogP contribution is -2.47. The third kappa shape index (κ3) is 4.49. The van der Waals surface area contributed by atoms with Crippen LogP contribution in [-0.2, 0) is 9.84 Å². The van der Waals surface area contributed by atoms with Gasteiger partial charge in [0.2, 0.25) is 0 Å². The molecule has 0 atom stereocenters. The minimum Gasteiger partial charge on any atom is -0.367 e. The Morgan fingerprint density at radius 3 is 2.38 bits per heavy atom. The van der Waals surface area contributed by atoms with Crippen molar-refractivity contribution in [3.8, 4) is 0 Å². The van der Waals surface area contributed by atoms with Crippen molar-refractivity contribution in [2.24, 2.45) is 0 Å². The van der Waals surface area contributed by atoms with Gasteiger partial charge in [0, 0.05) is 37.7 Å². The lowest BCUT2D eigenvalue weighted by molar-refractivity contribution is 0.271. The van der Waals surface area contributed by atoms with Crippen molar-refractivity contribution in [1.82, 2.24) is 4.90 Å². The summed E-state index contributed by atoms with van der Waals surface area (Å²) >= 11 is 11.9. The van der Waals surface area contributed by atoms with Crippen LogP contribution < -0.4 is 4.90 Å². The second kappa shape index (κ2) is 8.13. The second-order valence-corrected chi connectivity index (χ2v) is 9.09.